The predicted octanol–water partition coefficient (Wildman–Crippen LogP) is 2.20. The molecule has 2 nitrogen and oxygen atoms in total. The third kappa shape index (κ3) is 2.87. The quantitative estimate of drug-likeness (QED) is 0.356. The summed E-state index contributed by atoms with van der Waals surface area (Å²) in [6.45, 7) is 0. The molecule has 0 aromatic heterocycles. The Balaban J connectivity index is 2.72. The number of rotatable bonds is 4. The highest BCUT2D eigenvalue weighted by atomic mass is 19.2. The third-order valence-electron chi connectivity index (χ3n) is 3.39. The van der Waals surface area contributed by atoms with E-state index in [1.807, 2.05) is 0 Å². The maximum Gasteiger partial charge on any atom is 0.208 e. The molecule has 0 heterocycles. The number of benzene rings is 2. The molecular weight excluding hydrogens is 363 g/mol. The van der Waals surface area contributed by atoms with Gasteiger partial charge in [-0.3, -0.25) is 0 Å². The van der Waals surface area contributed by atoms with E-state index in [1.54, 1.807) is 0 Å². The molecule has 2 rings (SSSR count). The molecule has 0 radical (unpaired) electrons. The van der Waals surface area contributed by atoms with E-state index in [4.69, 9.17) is 0 Å². The maximum atomic E-state index is 14.0. The first-order valence-corrected chi connectivity index (χ1v) is 6.44. The van der Waals surface area contributed by atoms with Crippen molar-refractivity contribution in [3.63, 3.8) is 0 Å². The number of methoxy groups -OCH3 is 2. The summed E-state index contributed by atoms with van der Waals surface area (Å²) in [6.07, 6.45) is 0. The Morgan fingerprint density at radius 3 is 1.24 bits per heavy atom. The zero-order valence-corrected chi connectivity index (χ0v) is 12.5. The molecule has 0 unspecified atom stereocenters. The van der Waals surface area contributed by atoms with Crippen LogP contribution in [0.15, 0.2) is 0 Å². The molecule has 11 heteroatoms. The molecule has 0 aliphatic heterocycles. The van der Waals surface area contributed by atoms with Gasteiger partial charge in [0.2, 0.25) is 24.7 Å². The fourth-order valence-corrected chi connectivity index (χ4v) is 2.16. The largest absolute Gasteiger partial charge is 0.491 e. The van der Waals surface area contributed by atoms with Crippen LogP contribution >= 0.6 is 0 Å². The van der Waals surface area contributed by atoms with Gasteiger partial charge in [0.15, 0.2) is 40.6 Å². The summed E-state index contributed by atoms with van der Waals surface area (Å²) in [5.74, 6) is -18.8. The Labute approximate surface area is 136 Å². The lowest BCUT2D eigenvalue weighted by Crippen LogP contribution is -2.39. The lowest BCUT2D eigenvalue weighted by Gasteiger charge is -2.13. The summed E-state index contributed by atoms with van der Waals surface area (Å²) >= 11 is 0. The molecule has 0 saturated heterocycles. The Morgan fingerprint density at radius 2 is 0.800 bits per heavy atom. The summed E-state index contributed by atoms with van der Waals surface area (Å²) in [7, 11) is 0.0107. The highest BCUT2D eigenvalue weighted by molar-refractivity contribution is 6.67. The fourth-order valence-electron chi connectivity index (χ4n) is 2.16. The molecule has 0 bridgehead atoms. The Morgan fingerprint density at radius 1 is 0.480 bits per heavy atom. The molecule has 0 aliphatic rings. The highest BCUT2D eigenvalue weighted by Gasteiger charge is 2.31. The van der Waals surface area contributed by atoms with Crippen LogP contribution in [0.1, 0.15) is 0 Å². The van der Waals surface area contributed by atoms with E-state index in [9.17, 15) is 35.1 Å². The van der Waals surface area contributed by atoms with Crippen molar-refractivity contribution in [3.8, 4) is 11.5 Å². The minimum Gasteiger partial charge on any atom is -0.491 e. The lowest BCUT2D eigenvalue weighted by molar-refractivity contribution is 0.335. The number of hydrogen-bond acceptors (Lipinski definition) is 2. The number of hydrogen-bond donors (Lipinski definition) is 0. The van der Waals surface area contributed by atoms with Gasteiger partial charge in [0.05, 0.1) is 14.2 Å². The minimum absolute atomic E-state index is 0.733. The van der Waals surface area contributed by atoms with Gasteiger partial charge in [-0.2, -0.15) is 13.2 Å². The normalized spacial score (nSPS) is 10.8. The second kappa shape index (κ2) is 6.81. The van der Waals surface area contributed by atoms with Crippen LogP contribution in [0.5, 0.6) is 11.5 Å². The first-order chi connectivity index (χ1) is 11.7. The first kappa shape index (κ1) is 18.9. The van der Waals surface area contributed by atoms with E-state index in [2.05, 4.69) is 9.47 Å². The van der Waals surface area contributed by atoms with Crippen LogP contribution in [0.25, 0.3) is 0 Å². The standard InChI is InChI=1S/C14H7BF8O2/c1-24-13-8(19)4(5(16)9(20)12(13)23)15-3-6(17)10(21)14(25-2)11(22)7(3)18/h15H,1-2H3. The van der Waals surface area contributed by atoms with Crippen molar-refractivity contribution in [1.82, 2.24) is 0 Å². The van der Waals surface area contributed by atoms with Crippen molar-refractivity contribution in [1.29, 1.82) is 0 Å². The minimum atomic E-state index is -2.18. The Bertz CT molecular complexity index is 827. The van der Waals surface area contributed by atoms with Crippen molar-refractivity contribution in [3.05, 3.63) is 46.5 Å². The Hall–Kier alpha value is -2.46. The van der Waals surface area contributed by atoms with Crippen LogP contribution < -0.4 is 20.4 Å². The molecule has 0 aliphatic carbocycles. The lowest BCUT2D eigenvalue weighted by atomic mass is 9.62. The molecule has 0 amide bonds. The summed E-state index contributed by atoms with van der Waals surface area (Å²) in [6, 6.07) is 0. The average molecular weight is 370 g/mol. The topological polar surface area (TPSA) is 18.5 Å². The van der Waals surface area contributed by atoms with Crippen LogP contribution in [0.4, 0.5) is 35.1 Å². The first-order valence-electron chi connectivity index (χ1n) is 6.44. The fraction of sp³-hybridized carbons (Fsp3) is 0.143. The molecule has 0 N–H and O–H groups in total. The SMILES string of the molecule is COc1c(F)c(F)c(Bc2c(F)c(F)c(F)c(OC)c2F)c(F)c1F. The van der Waals surface area contributed by atoms with E-state index in [0.717, 1.165) is 14.2 Å². The average Bonchev–Trinajstić information content (AvgIpc) is 2.59. The van der Waals surface area contributed by atoms with Gasteiger partial charge in [0.25, 0.3) is 0 Å². The summed E-state index contributed by atoms with van der Waals surface area (Å²) in [5.41, 5.74) is -2.82. The van der Waals surface area contributed by atoms with Crippen molar-refractivity contribution in [2.45, 2.75) is 0 Å². The zero-order chi connectivity index (χ0) is 19.0. The molecule has 2 aromatic rings. The smallest absolute Gasteiger partial charge is 0.208 e. The van der Waals surface area contributed by atoms with E-state index >= 15 is 0 Å². The van der Waals surface area contributed by atoms with Gasteiger partial charge in [-0.05, 0) is 10.9 Å². The van der Waals surface area contributed by atoms with E-state index in [0.29, 0.717) is 0 Å². The van der Waals surface area contributed by atoms with Crippen molar-refractivity contribution in [2.24, 2.45) is 0 Å². The van der Waals surface area contributed by atoms with Gasteiger partial charge >= 0.3 is 0 Å². The van der Waals surface area contributed by atoms with Crippen LogP contribution in [0, 0.1) is 46.5 Å². The van der Waals surface area contributed by atoms with Gasteiger partial charge in [-0.25, -0.2) is 22.0 Å². The van der Waals surface area contributed by atoms with E-state index in [1.165, 1.54) is 0 Å². The molecule has 2 aromatic carbocycles. The zero-order valence-electron chi connectivity index (χ0n) is 12.5. The molecule has 25 heavy (non-hydrogen) atoms. The van der Waals surface area contributed by atoms with Crippen molar-refractivity contribution >= 4 is 18.2 Å². The molecule has 0 spiro atoms. The van der Waals surface area contributed by atoms with Crippen molar-refractivity contribution < 1.29 is 44.6 Å². The predicted molar refractivity (Wildman–Crippen MR) is 72.1 cm³/mol. The summed E-state index contributed by atoms with van der Waals surface area (Å²) < 4.78 is 118. The summed E-state index contributed by atoms with van der Waals surface area (Å²) in [5, 5.41) is 0. The number of ether oxygens (including phenoxy) is 2. The molecule has 0 atom stereocenters. The van der Waals surface area contributed by atoms with Gasteiger partial charge in [0.1, 0.15) is 0 Å². The third-order valence-corrected chi connectivity index (χ3v) is 3.39. The maximum absolute atomic E-state index is 14.0. The van der Waals surface area contributed by atoms with Gasteiger partial charge in [-0.1, -0.05) is 0 Å². The van der Waals surface area contributed by atoms with Gasteiger partial charge < -0.3 is 9.47 Å². The molecule has 0 saturated carbocycles. The van der Waals surface area contributed by atoms with Gasteiger partial charge in [-0.15, -0.1) is 0 Å². The summed E-state index contributed by atoms with van der Waals surface area (Å²) in [4.78, 5) is 0. The van der Waals surface area contributed by atoms with Gasteiger partial charge in [0, 0.05) is 0 Å². The second-order valence-corrected chi connectivity index (χ2v) is 4.71. The van der Waals surface area contributed by atoms with E-state index in [-0.39, 0.29) is 0 Å². The highest BCUT2D eigenvalue weighted by Crippen LogP contribution is 2.26. The Kier molecular flexibility index (Phi) is 5.14. The van der Waals surface area contributed by atoms with Crippen LogP contribution in [-0.2, 0) is 0 Å². The van der Waals surface area contributed by atoms with Crippen LogP contribution in [0.2, 0.25) is 0 Å². The van der Waals surface area contributed by atoms with Crippen LogP contribution in [-0.4, -0.2) is 21.5 Å². The molecule has 0 fully saturated rings. The molecule has 134 valence electrons. The van der Waals surface area contributed by atoms with E-state index < -0.39 is 76.2 Å². The molecular formula is C14H7BF8O2. The van der Waals surface area contributed by atoms with Crippen molar-refractivity contribution in [2.75, 3.05) is 14.2 Å². The number of halogens is 8. The second-order valence-electron chi connectivity index (χ2n) is 4.71. The monoisotopic (exact) mass is 370 g/mol. The van der Waals surface area contributed by atoms with Crippen LogP contribution in [0.3, 0.4) is 0 Å².